The van der Waals surface area contributed by atoms with Crippen LogP contribution in [0.25, 0.3) is 0 Å². The van der Waals surface area contributed by atoms with Gasteiger partial charge in [-0.1, -0.05) is 11.6 Å². The SMILES string of the molecule is O=C(CCl)Nc1cc(O)ccc1Cl. The molecule has 1 rings (SSSR count). The largest absolute Gasteiger partial charge is 0.508 e. The normalized spacial score (nSPS) is 9.69. The summed E-state index contributed by atoms with van der Waals surface area (Å²) in [4.78, 5) is 10.9. The van der Waals surface area contributed by atoms with Crippen molar-refractivity contribution in [3.05, 3.63) is 23.2 Å². The number of carbonyl (C=O) groups is 1. The van der Waals surface area contributed by atoms with Crippen molar-refractivity contribution >= 4 is 34.8 Å². The van der Waals surface area contributed by atoms with E-state index in [0.717, 1.165) is 0 Å². The lowest BCUT2D eigenvalue weighted by atomic mass is 10.3. The second-order valence-electron chi connectivity index (χ2n) is 2.35. The van der Waals surface area contributed by atoms with Gasteiger partial charge in [0.05, 0.1) is 10.7 Å². The van der Waals surface area contributed by atoms with Gasteiger partial charge in [-0.2, -0.15) is 0 Å². The van der Waals surface area contributed by atoms with Crippen molar-refractivity contribution in [3.63, 3.8) is 0 Å². The average molecular weight is 220 g/mol. The number of nitrogens with one attached hydrogen (secondary N) is 1. The quantitative estimate of drug-likeness (QED) is 0.750. The summed E-state index contributed by atoms with van der Waals surface area (Å²) in [6, 6.07) is 4.27. The average Bonchev–Trinajstić information content (AvgIpc) is 2.11. The van der Waals surface area contributed by atoms with Crippen LogP contribution in [0.5, 0.6) is 5.75 Å². The Morgan fingerprint density at radius 3 is 2.85 bits per heavy atom. The van der Waals surface area contributed by atoms with Crippen molar-refractivity contribution in [2.24, 2.45) is 0 Å². The lowest BCUT2D eigenvalue weighted by molar-refractivity contribution is -0.113. The maximum Gasteiger partial charge on any atom is 0.239 e. The summed E-state index contributed by atoms with van der Waals surface area (Å²) in [7, 11) is 0. The van der Waals surface area contributed by atoms with Crippen LogP contribution in [0.15, 0.2) is 18.2 Å². The van der Waals surface area contributed by atoms with E-state index in [4.69, 9.17) is 28.3 Å². The van der Waals surface area contributed by atoms with Crippen LogP contribution in [0, 0.1) is 0 Å². The van der Waals surface area contributed by atoms with E-state index >= 15 is 0 Å². The van der Waals surface area contributed by atoms with E-state index in [2.05, 4.69) is 5.32 Å². The van der Waals surface area contributed by atoms with Gasteiger partial charge in [-0.15, -0.1) is 11.6 Å². The first-order valence-electron chi connectivity index (χ1n) is 3.48. The molecular formula is C8H7Cl2NO2. The van der Waals surface area contributed by atoms with E-state index < -0.39 is 0 Å². The number of phenols is 1. The predicted molar refractivity (Wildman–Crippen MR) is 52.5 cm³/mol. The molecule has 0 radical (unpaired) electrons. The molecule has 2 N–H and O–H groups in total. The molecule has 0 atom stereocenters. The van der Waals surface area contributed by atoms with Crippen molar-refractivity contribution in [3.8, 4) is 5.75 Å². The Hall–Kier alpha value is -0.930. The van der Waals surface area contributed by atoms with Crippen LogP contribution in [0.3, 0.4) is 0 Å². The van der Waals surface area contributed by atoms with E-state index in [-0.39, 0.29) is 17.5 Å². The molecular weight excluding hydrogens is 213 g/mol. The number of alkyl halides is 1. The second kappa shape index (κ2) is 4.35. The van der Waals surface area contributed by atoms with Gasteiger partial charge < -0.3 is 10.4 Å². The van der Waals surface area contributed by atoms with Gasteiger partial charge in [0.1, 0.15) is 11.6 Å². The molecule has 1 amide bonds. The van der Waals surface area contributed by atoms with Gasteiger partial charge in [-0.25, -0.2) is 0 Å². The van der Waals surface area contributed by atoms with Crippen LogP contribution in [0.4, 0.5) is 5.69 Å². The fourth-order valence-electron chi connectivity index (χ4n) is 0.793. The number of benzene rings is 1. The maximum absolute atomic E-state index is 10.9. The number of hydrogen-bond acceptors (Lipinski definition) is 2. The van der Waals surface area contributed by atoms with Crippen molar-refractivity contribution in [1.82, 2.24) is 0 Å². The summed E-state index contributed by atoms with van der Waals surface area (Å²) in [5.74, 6) is -0.477. The molecule has 1 aromatic carbocycles. The number of rotatable bonds is 2. The smallest absolute Gasteiger partial charge is 0.239 e. The van der Waals surface area contributed by atoms with E-state index in [9.17, 15) is 4.79 Å². The number of amides is 1. The van der Waals surface area contributed by atoms with Crippen LogP contribution in [0.2, 0.25) is 5.02 Å². The summed E-state index contributed by atoms with van der Waals surface area (Å²) in [5.41, 5.74) is 0.354. The first-order valence-corrected chi connectivity index (χ1v) is 4.39. The Morgan fingerprint density at radius 2 is 2.23 bits per heavy atom. The standard InChI is InChI=1S/C8H7Cl2NO2/c9-4-8(13)11-7-3-5(12)1-2-6(7)10/h1-3,12H,4H2,(H,11,13). The molecule has 0 unspecified atom stereocenters. The topological polar surface area (TPSA) is 49.3 Å². The van der Waals surface area contributed by atoms with Gasteiger partial charge in [0.25, 0.3) is 0 Å². The fourth-order valence-corrected chi connectivity index (χ4v) is 1.02. The molecule has 5 heteroatoms. The zero-order valence-corrected chi connectivity index (χ0v) is 8.06. The Balaban J connectivity index is 2.87. The third kappa shape index (κ3) is 2.79. The van der Waals surface area contributed by atoms with Gasteiger partial charge in [0.2, 0.25) is 5.91 Å². The molecule has 0 aliphatic rings. The van der Waals surface area contributed by atoms with Gasteiger partial charge in [-0.05, 0) is 12.1 Å². The summed E-state index contributed by atoms with van der Waals surface area (Å²) >= 11 is 11.0. The van der Waals surface area contributed by atoms with Crippen LogP contribution >= 0.6 is 23.2 Å². The highest BCUT2D eigenvalue weighted by atomic mass is 35.5. The van der Waals surface area contributed by atoms with Gasteiger partial charge >= 0.3 is 0 Å². The minimum absolute atomic E-state index is 0.0364. The summed E-state index contributed by atoms with van der Waals surface area (Å²) in [5, 5.41) is 11.9. The number of halogens is 2. The molecule has 13 heavy (non-hydrogen) atoms. The minimum Gasteiger partial charge on any atom is -0.508 e. The first kappa shape index (κ1) is 10.2. The van der Waals surface area contributed by atoms with Crippen LogP contribution in [-0.4, -0.2) is 16.9 Å². The van der Waals surface area contributed by atoms with Crippen molar-refractivity contribution in [2.75, 3.05) is 11.2 Å². The van der Waals surface area contributed by atoms with Crippen LogP contribution in [0.1, 0.15) is 0 Å². The number of phenolic OH excluding ortho intramolecular Hbond substituents is 1. The van der Waals surface area contributed by atoms with E-state index in [1.165, 1.54) is 18.2 Å². The Kier molecular flexibility index (Phi) is 3.39. The molecule has 70 valence electrons. The van der Waals surface area contributed by atoms with Crippen molar-refractivity contribution < 1.29 is 9.90 Å². The summed E-state index contributed by atoms with van der Waals surface area (Å²) < 4.78 is 0. The Labute approximate surface area is 85.3 Å². The van der Waals surface area contributed by atoms with E-state index in [1.54, 1.807) is 0 Å². The molecule has 0 saturated heterocycles. The Morgan fingerprint density at radius 1 is 1.54 bits per heavy atom. The fraction of sp³-hybridized carbons (Fsp3) is 0.125. The minimum atomic E-state index is -0.367. The summed E-state index contributed by atoms with van der Waals surface area (Å²) in [6.45, 7) is 0. The molecule has 0 heterocycles. The monoisotopic (exact) mass is 219 g/mol. The van der Waals surface area contributed by atoms with Crippen LogP contribution < -0.4 is 5.32 Å². The van der Waals surface area contributed by atoms with Crippen molar-refractivity contribution in [2.45, 2.75) is 0 Å². The number of hydrogen-bond donors (Lipinski definition) is 2. The molecule has 0 aliphatic heterocycles. The van der Waals surface area contributed by atoms with E-state index in [1.807, 2.05) is 0 Å². The molecule has 0 saturated carbocycles. The lowest BCUT2D eigenvalue weighted by Crippen LogP contribution is -2.12. The zero-order chi connectivity index (χ0) is 9.84. The molecule has 0 aliphatic carbocycles. The van der Waals surface area contributed by atoms with Crippen molar-refractivity contribution in [1.29, 1.82) is 0 Å². The third-order valence-corrected chi connectivity index (χ3v) is 1.92. The molecule has 1 aromatic rings. The van der Waals surface area contributed by atoms with E-state index in [0.29, 0.717) is 10.7 Å². The highest BCUT2D eigenvalue weighted by Gasteiger charge is 2.04. The number of anilines is 1. The zero-order valence-electron chi connectivity index (χ0n) is 6.55. The lowest BCUT2D eigenvalue weighted by Gasteiger charge is -2.05. The third-order valence-electron chi connectivity index (χ3n) is 1.35. The number of aromatic hydroxyl groups is 1. The maximum atomic E-state index is 10.9. The predicted octanol–water partition coefficient (Wildman–Crippen LogP) is 2.22. The first-order chi connectivity index (χ1) is 6.13. The highest BCUT2D eigenvalue weighted by Crippen LogP contribution is 2.25. The van der Waals surface area contributed by atoms with Gasteiger partial charge in [-0.3, -0.25) is 4.79 Å². The molecule has 3 nitrogen and oxygen atoms in total. The molecule has 0 bridgehead atoms. The Bertz CT molecular complexity index is 328. The number of carbonyl (C=O) groups excluding carboxylic acids is 1. The highest BCUT2D eigenvalue weighted by molar-refractivity contribution is 6.34. The second-order valence-corrected chi connectivity index (χ2v) is 3.02. The van der Waals surface area contributed by atoms with Gasteiger partial charge in [0.15, 0.2) is 0 Å². The molecule has 0 spiro atoms. The summed E-state index contributed by atoms with van der Waals surface area (Å²) in [6.07, 6.45) is 0. The van der Waals surface area contributed by atoms with Gasteiger partial charge in [0, 0.05) is 6.07 Å². The molecule has 0 aromatic heterocycles. The van der Waals surface area contributed by atoms with Crippen LogP contribution in [-0.2, 0) is 4.79 Å². The molecule has 0 fully saturated rings.